The highest BCUT2D eigenvalue weighted by Gasteiger charge is 2.31. The quantitative estimate of drug-likeness (QED) is 0.415. The molecule has 1 unspecified atom stereocenters. The lowest BCUT2D eigenvalue weighted by molar-refractivity contribution is -0.138. The number of carbonyl (C=O) groups is 4. The first-order chi connectivity index (χ1) is 18.9. The number of hydrogen-bond acceptors (Lipinski definition) is 8. The molecule has 0 aliphatic carbocycles. The van der Waals surface area contributed by atoms with Crippen molar-refractivity contribution in [2.24, 2.45) is 0 Å². The molecule has 1 saturated heterocycles. The predicted octanol–water partition coefficient (Wildman–Crippen LogP) is 1.59. The van der Waals surface area contributed by atoms with E-state index >= 15 is 0 Å². The molecule has 1 aliphatic rings. The summed E-state index contributed by atoms with van der Waals surface area (Å²) in [4.78, 5) is 66.0. The minimum absolute atomic E-state index is 0.00723. The zero-order valence-corrected chi connectivity index (χ0v) is 21.4. The van der Waals surface area contributed by atoms with Crippen molar-refractivity contribution in [2.45, 2.75) is 25.8 Å². The number of aromatic nitrogens is 4. The fourth-order valence-electron chi connectivity index (χ4n) is 4.10. The number of rotatable bonds is 9. The van der Waals surface area contributed by atoms with Crippen LogP contribution in [0.4, 0.5) is 4.79 Å². The van der Waals surface area contributed by atoms with Crippen LogP contribution in [-0.2, 0) is 14.3 Å². The highest BCUT2D eigenvalue weighted by atomic mass is 16.6. The lowest BCUT2D eigenvalue weighted by Gasteiger charge is -2.35. The number of benzene rings is 1. The van der Waals surface area contributed by atoms with E-state index in [1.54, 1.807) is 23.9 Å². The average Bonchev–Trinajstić information content (AvgIpc) is 3.50. The van der Waals surface area contributed by atoms with Gasteiger partial charge < -0.3 is 25.0 Å². The van der Waals surface area contributed by atoms with E-state index < -0.39 is 29.9 Å². The Labute approximate surface area is 224 Å². The van der Waals surface area contributed by atoms with Crippen LogP contribution in [0, 0.1) is 0 Å². The second-order valence-corrected chi connectivity index (χ2v) is 8.74. The van der Waals surface area contributed by atoms with E-state index in [1.165, 1.54) is 22.2 Å². The fourth-order valence-corrected chi connectivity index (χ4v) is 4.10. The lowest BCUT2D eigenvalue weighted by atomic mass is 10.1. The van der Waals surface area contributed by atoms with Gasteiger partial charge in [0.15, 0.2) is 5.82 Å². The molecule has 0 saturated carbocycles. The van der Waals surface area contributed by atoms with Crippen molar-refractivity contribution in [3.8, 4) is 17.2 Å². The van der Waals surface area contributed by atoms with E-state index in [1.807, 2.05) is 30.3 Å². The number of hydrogen-bond donors (Lipinski definition) is 2. The van der Waals surface area contributed by atoms with Crippen molar-refractivity contribution in [3.05, 3.63) is 60.8 Å². The van der Waals surface area contributed by atoms with Crippen LogP contribution in [0.3, 0.4) is 0 Å². The second-order valence-electron chi connectivity index (χ2n) is 8.74. The van der Waals surface area contributed by atoms with E-state index in [4.69, 9.17) is 4.74 Å². The maximum Gasteiger partial charge on any atom is 0.409 e. The lowest BCUT2D eigenvalue weighted by Crippen LogP contribution is -2.56. The van der Waals surface area contributed by atoms with Crippen LogP contribution in [0.25, 0.3) is 17.2 Å². The van der Waals surface area contributed by atoms with Gasteiger partial charge in [-0.15, -0.1) is 0 Å². The van der Waals surface area contributed by atoms with Crippen molar-refractivity contribution >= 4 is 23.9 Å². The van der Waals surface area contributed by atoms with Crippen molar-refractivity contribution in [2.75, 3.05) is 32.8 Å². The Bertz CT molecular complexity index is 1310. The van der Waals surface area contributed by atoms with Gasteiger partial charge in [-0.1, -0.05) is 30.3 Å². The van der Waals surface area contributed by atoms with Gasteiger partial charge in [-0.3, -0.25) is 19.0 Å². The number of aliphatic carboxylic acids is 1. The average molecular weight is 536 g/mol. The van der Waals surface area contributed by atoms with Gasteiger partial charge in [0.25, 0.3) is 5.91 Å². The summed E-state index contributed by atoms with van der Waals surface area (Å²) < 4.78 is 6.64. The Balaban J connectivity index is 1.55. The summed E-state index contributed by atoms with van der Waals surface area (Å²) >= 11 is 0. The summed E-state index contributed by atoms with van der Waals surface area (Å²) in [6, 6.07) is 9.49. The van der Waals surface area contributed by atoms with Gasteiger partial charge in [0.1, 0.15) is 23.9 Å². The molecular weight excluding hydrogens is 506 g/mol. The predicted molar refractivity (Wildman–Crippen MR) is 138 cm³/mol. The molecule has 1 fully saturated rings. The van der Waals surface area contributed by atoms with Crippen LogP contribution in [-0.4, -0.2) is 97.1 Å². The third-order valence-electron chi connectivity index (χ3n) is 6.11. The third-order valence-corrected chi connectivity index (χ3v) is 6.11. The number of nitrogens with zero attached hydrogens (tertiary/aromatic N) is 6. The molecule has 1 aliphatic heterocycles. The van der Waals surface area contributed by atoms with Crippen LogP contribution in [0.15, 0.2) is 55.1 Å². The fraction of sp³-hybridized carbons (Fsp3) is 0.346. The molecular formula is C26H29N7O6. The second kappa shape index (κ2) is 12.6. The van der Waals surface area contributed by atoms with Gasteiger partial charge in [-0.25, -0.2) is 19.7 Å². The van der Waals surface area contributed by atoms with Gasteiger partial charge in [-0.05, 0) is 13.3 Å². The maximum absolute atomic E-state index is 13.4. The Kier molecular flexibility index (Phi) is 8.82. The number of ether oxygens (including phenoxy) is 1. The topological polar surface area (TPSA) is 160 Å². The van der Waals surface area contributed by atoms with Crippen LogP contribution >= 0.6 is 0 Å². The highest BCUT2D eigenvalue weighted by Crippen LogP contribution is 2.18. The zero-order valence-electron chi connectivity index (χ0n) is 21.4. The smallest absolute Gasteiger partial charge is 0.409 e. The Morgan fingerprint density at radius 1 is 1.05 bits per heavy atom. The van der Waals surface area contributed by atoms with Crippen LogP contribution in [0.2, 0.25) is 0 Å². The molecule has 3 aromatic rings. The van der Waals surface area contributed by atoms with Crippen molar-refractivity contribution < 1.29 is 29.0 Å². The summed E-state index contributed by atoms with van der Waals surface area (Å²) in [5, 5.41) is 11.9. The van der Waals surface area contributed by atoms with E-state index in [0.717, 1.165) is 0 Å². The molecule has 204 valence electrons. The molecule has 0 bridgehead atoms. The number of carboxylic acid groups (broad SMARTS) is 1. The van der Waals surface area contributed by atoms with Gasteiger partial charge in [0, 0.05) is 56.6 Å². The van der Waals surface area contributed by atoms with E-state index in [0.29, 0.717) is 17.2 Å². The van der Waals surface area contributed by atoms with E-state index in [-0.39, 0.29) is 51.3 Å². The summed E-state index contributed by atoms with van der Waals surface area (Å²) in [6.07, 6.45) is 3.91. The van der Waals surface area contributed by atoms with Crippen LogP contribution in [0.1, 0.15) is 30.3 Å². The summed E-state index contributed by atoms with van der Waals surface area (Å²) in [5.41, 5.74) is 0.694. The van der Waals surface area contributed by atoms with Crippen LogP contribution < -0.4 is 5.32 Å². The first kappa shape index (κ1) is 27.2. The highest BCUT2D eigenvalue weighted by molar-refractivity contribution is 5.97. The molecule has 0 spiro atoms. The molecule has 2 aromatic heterocycles. The number of amides is 3. The molecule has 1 atom stereocenters. The molecule has 3 heterocycles. The first-order valence-electron chi connectivity index (χ1n) is 12.5. The molecule has 1 aromatic carbocycles. The summed E-state index contributed by atoms with van der Waals surface area (Å²) in [5.74, 6) is -1.47. The number of piperazine rings is 1. The van der Waals surface area contributed by atoms with Crippen molar-refractivity contribution in [1.82, 2.24) is 34.6 Å². The number of imidazole rings is 1. The first-order valence-corrected chi connectivity index (χ1v) is 12.5. The SMILES string of the molecule is CCOC(=O)N1CCN(C(=O)C(CCC(=O)O)NC(=O)c2cc(-n3ccnc3)nc(-c3ccccc3)n2)CC1. The maximum atomic E-state index is 13.4. The Morgan fingerprint density at radius 2 is 1.77 bits per heavy atom. The minimum Gasteiger partial charge on any atom is -0.481 e. The molecule has 3 amide bonds. The van der Waals surface area contributed by atoms with Crippen molar-refractivity contribution in [3.63, 3.8) is 0 Å². The van der Waals surface area contributed by atoms with Gasteiger partial charge >= 0.3 is 12.1 Å². The van der Waals surface area contributed by atoms with E-state index in [9.17, 15) is 24.3 Å². The summed E-state index contributed by atoms with van der Waals surface area (Å²) in [7, 11) is 0. The minimum atomic E-state index is -1.10. The molecule has 13 nitrogen and oxygen atoms in total. The normalized spacial score (nSPS) is 14.0. The molecule has 39 heavy (non-hydrogen) atoms. The Hall–Kier alpha value is -4.81. The molecule has 2 N–H and O–H groups in total. The Morgan fingerprint density at radius 3 is 2.41 bits per heavy atom. The van der Waals surface area contributed by atoms with Gasteiger partial charge in [0.2, 0.25) is 5.91 Å². The van der Waals surface area contributed by atoms with E-state index in [2.05, 4.69) is 20.3 Å². The molecule has 4 rings (SSSR count). The number of carboxylic acids is 1. The zero-order chi connectivity index (χ0) is 27.8. The van der Waals surface area contributed by atoms with Crippen molar-refractivity contribution in [1.29, 1.82) is 0 Å². The van der Waals surface area contributed by atoms with Gasteiger partial charge in [0.05, 0.1) is 6.61 Å². The molecule has 13 heteroatoms. The number of nitrogens with one attached hydrogen (secondary N) is 1. The third kappa shape index (κ3) is 6.94. The summed E-state index contributed by atoms with van der Waals surface area (Å²) in [6.45, 7) is 2.96. The monoisotopic (exact) mass is 535 g/mol. The standard InChI is InChI=1S/C26H29N7O6/c1-2-39-26(38)32-14-12-31(13-15-32)25(37)19(8-9-22(34)35)29-24(36)20-16-21(33-11-10-27-17-33)30-23(28-20)18-6-4-3-5-7-18/h3-7,10-11,16-17,19H,2,8-9,12-15H2,1H3,(H,29,36)(H,34,35). The largest absolute Gasteiger partial charge is 0.481 e. The molecule has 0 radical (unpaired) electrons. The van der Waals surface area contributed by atoms with Gasteiger partial charge in [-0.2, -0.15) is 0 Å². The van der Waals surface area contributed by atoms with Crippen LogP contribution in [0.5, 0.6) is 0 Å². The number of carbonyl (C=O) groups excluding carboxylic acids is 3.